The Balaban J connectivity index is 0.000000141. The topological polar surface area (TPSA) is 91.9 Å². The van der Waals surface area contributed by atoms with Crippen molar-refractivity contribution in [3.63, 3.8) is 0 Å². The molecule has 2 aromatic heterocycles. The Morgan fingerprint density at radius 1 is 0.643 bits per heavy atom. The zero-order valence-corrected chi connectivity index (χ0v) is 30.9. The Kier molecular flexibility index (Phi) is 8.07. The first-order valence-corrected chi connectivity index (χ1v) is 19.4. The summed E-state index contributed by atoms with van der Waals surface area (Å²) < 4.78 is 0. The fourth-order valence-electron chi connectivity index (χ4n) is 8.68. The molecule has 6 nitrogen and oxygen atoms in total. The van der Waals surface area contributed by atoms with Crippen LogP contribution >= 0.6 is 0 Å². The maximum Gasteiger partial charge on any atom is 0.249 e. The number of rotatable bonds is 5. The van der Waals surface area contributed by atoms with Gasteiger partial charge in [0.2, 0.25) is 5.56 Å². The van der Waals surface area contributed by atoms with Gasteiger partial charge >= 0.3 is 0 Å². The maximum absolute atomic E-state index is 13.2. The number of allylic oxidation sites excluding steroid dienone is 1. The molecule has 7 aromatic carbocycles. The molecule has 0 saturated carbocycles. The Bertz CT molecular complexity index is 3230. The van der Waals surface area contributed by atoms with Crippen molar-refractivity contribution in [1.82, 2.24) is 9.97 Å². The fraction of sp³-hybridized carbons (Fsp3) is 0.120. The van der Waals surface area contributed by atoms with E-state index in [1.807, 2.05) is 54.7 Å². The molecule has 9 aromatic rings. The molecule has 0 spiro atoms. The number of aromatic amines is 1. The average molecular weight is 728 g/mol. The van der Waals surface area contributed by atoms with Crippen LogP contribution in [-0.2, 0) is 0 Å². The highest BCUT2D eigenvalue weighted by molar-refractivity contribution is 6.28. The lowest BCUT2D eigenvalue weighted by atomic mass is 9.83. The van der Waals surface area contributed by atoms with E-state index < -0.39 is 0 Å². The molecular weight excluding hydrogens is 691 g/mol. The number of Topliss-reactive ketones (excluding diaryl/α,β-unsaturated/α-hetero) is 1. The molecule has 2 heterocycles. The Labute approximate surface area is 322 Å². The Morgan fingerprint density at radius 2 is 1.43 bits per heavy atom. The van der Waals surface area contributed by atoms with E-state index >= 15 is 0 Å². The van der Waals surface area contributed by atoms with E-state index in [2.05, 4.69) is 90.0 Å². The average Bonchev–Trinajstić information content (AvgIpc) is 3.23. The number of ketones is 2. The summed E-state index contributed by atoms with van der Waals surface area (Å²) in [5.41, 5.74) is 7.21. The monoisotopic (exact) mass is 727 g/mol. The van der Waals surface area contributed by atoms with Crippen LogP contribution in [0.3, 0.4) is 0 Å². The number of anilines is 1. The summed E-state index contributed by atoms with van der Waals surface area (Å²) in [6, 6.07) is 38.7. The number of nitrogens with one attached hydrogen (secondary N) is 2. The number of carbonyl (C=O) groups excluding carboxylic acids is 2. The van der Waals surface area contributed by atoms with Crippen LogP contribution in [0.5, 0.6) is 0 Å². The Morgan fingerprint density at radius 3 is 2.29 bits per heavy atom. The third kappa shape index (κ3) is 5.48. The number of nitrogens with zero attached hydrogens (tertiary/aromatic N) is 1. The predicted octanol–water partition coefficient (Wildman–Crippen LogP) is 11.8. The molecule has 0 aliphatic heterocycles. The molecule has 0 radical (unpaired) electrons. The van der Waals surface area contributed by atoms with Gasteiger partial charge in [0.15, 0.2) is 11.6 Å². The van der Waals surface area contributed by atoms with Gasteiger partial charge in [-0.15, -0.1) is 0 Å². The lowest BCUT2D eigenvalue weighted by Crippen LogP contribution is -2.17. The molecule has 0 saturated heterocycles. The van der Waals surface area contributed by atoms with Gasteiger partial charge in [-0.05, 0) is 103 Å². The number of H-pyrrole nitrogens is 1. The fourth-order valence-corrected chi connectivity index (χ4v) is 8.68. The smallest absolute Gasteiger partial charge is 0.249 e. The molecular formula is C50H37N3O3. The van der Waals surface area contributed by atoms with E-state index in [0.29, 0.717) is 23.1 Å². The second-order valence-corrected chi connectivity index (χ2v) is 14.8. The molecule has 0 atom stereocenters. The van der Waals surface area contributed by atoms with Gasteiger partial charge in [0.1, 0.15) is 0 Å². The quantitative estimate of drug-likeness (QED) is 0.105. The molecule has 2 aliphatic carbocycles. The highest BCUT2D eigenvalue weighted by atomic mass is 16.1. The molecule has 0 amide bonds. The van der Waals surface area contributed by atoms with Crippen LogP contribution in [0, 0.1) is 0 Å². The highest BCUT2D eigenvalue weighted by Gasteiger charge is 2.28. The van der Waals surface area contributed by atoms with Crippen LogP contribution in [0.15, 0.2) is 132 Å². The lowest BCUT2D eigenvalue weighted by molar-refractivity contribution is 0.0993. The van der Waals surface area contributed by atoms with E-state index in [1.165, 1.54) is 32.3 Å². The van der Waals surface area contributed by atoms with Crippen molar-refractivity contribution >= 4 is 88.2 Å². The van der Waals surface area contributed by atoms with Crippen molar-refractivity contribution in [3.8, 4) is 11.1 Å². The summed E-state index contributed by atoms with van der Waals surface area (Å²) in [6.45, 7) is 3.00. The standard InChI is InChI=1S/C29H17NO.C21H20N2O2/c31-28-7-3-6-19-14-23-21(15-24(19)28)8-10-22-26(23)16-30-27-11-9-20-12-17-4-1-2-5-18(17)13-25(20)29(22)27;1-2-3-6-11-22-16-9-10-17-19-15(12-18(24)23-17)13-7-4-5-8-14(13)21(25)20(16)19/h1-6,8-16H,7H2;4-5,7-10,12,22H,2-3,6,11H2,1H3,(H,23,24). The minimum absolute atomic E-state index is 0.0127. The highest BCUT2D eigenvalue weighted by Crippen LogP contribution is 2.41. The van der Waals surface area contributed by atoms with Crippen LogP contribution in [0.4, 0.5) is 5.69 Å². The number of carbonyl (C=O) groups is 2. The van der Waals surface area contributed by atoms with E-state index in [0.717, 1.165) is 80.8 Å². The summed E-state index contributed by atoms with van der Waals surface area (Å²) in [7, 11) is 0. The van der Waals surface area contributed by atoms with Gasteiger partial charge in [0.25, 0.3) is 0 Å². The first kappa shape index (κ1) is 33.6. The van der Waals surface area contributed by atoms with Crippen molar-refractivity contribution in [2.24, 2.45) is 0 Å². The lowest BCUT2D eigenvalue weighted by Gasteiger charge is -2.22. The molecule has 0 unspecified atom stereocenters. The Hall–Kier alpha value is -6.92. The predicted molar refractivity (Wildman–Crippen MR) is 231 cm³/mol. The van der Waals surface area contributed by atoms with Crippen molar-refractivity contribution < 1.29 is 9.59 Å². The zero-order valence-electron chi connectivity index (χ0n) is 30.9. The molecule has 56 heavy (non-hydrogen) atoms. The van der Waals surface area contributed by atoms with Gasteiger partial charge in [0, 0.05) is 63.7 Å². The second-order valence-electron chi connectivity index (χ2n) is 14.8. The molecule has 0 bridgehead atoms. The summed E-state index contributed by atoms with van der Waals surface area (Å²) in [6.07, 6.45) is 9.86. The largest absolute Gasteiger partial charge is 0.384 e. The van der Waals surface area contributed by atoms with E-state index in [4.69, 9.17) is 4.98 Å². The number of fused-ring (bicyclic) bond motifs is 11. The first-order valence-electron chi connectivity index (χ1n) is 19.4. The number of hydrogen-bond acceptors (Lipinski definition) is 5. The van der Waals surface area contributed by atoms with Gasteiger partial charge in [-0.2, -0.15) is 0 Å². The molecule has 2 aliphatic rings. The zero-order chi connectivity index (χ0) is 37.9. The number of hydrogen-bond donors (Lipinski definition) is 2. The minimum Gasteiger partial charge on any atom is -0.384 e. The van der Waals surface area contributed by atoms with Crippen LogP contribution in [0.2, 0.25) is 0 Å². The first-order chi connectivity index (χ1) is 27.5. The second kappa shape index (κ2) is 13.4. The molecule has 11 rings (SSSR count). The van der Waals surface area contributed by atoms with E-state index in [9.17, 15) is 14.4 Å². The van der Waals surface area contributed by atoms with E-state index in [1.54, 1.807) is 6.07 Å². The summed E-state index contributed by atoms with van der Waals surface area (Å²) in [5.74, 6) is 0.202. The third-order valence-electron chi connectivity index (χ3n) is 11.4. The molecule has 270 valence electrons. The number of pyridine rings is 2. The van der Waals surface area contributed by atoms with Crippen molar-refractivity contribution in [2.45, 2.75) is 32.6 Å². The van der Waals surface area contributed by atoms with Gasteiger partial charge < -0.3 is 10.3 Å². The van der Waals surface area contributed by atoms with E-state index in [-0.39, 0.29) is 17.1 Å². The van der Waals surface area contributed by atoms with Gasteiger partial charge in [-0.3, -0.25) is 19.4 Å². The minimum atomic E-state index is -0.152. The van der Waals surface area contributed by atoms with Crippen molar-refractivity contribution in [2.75, 3.05) is 11.9 Å². The van der Waals surface area contributed by atoms with Crippen LogP contribution < -0.4 is 10.9 Å². The van der Waals surface area contributed by atoms with Crippen LogP contribution in [-0.4, -0.2) is 28.1 Å². The van der Waals surface area contributed by atoms with Gasteiger partial charge in [-0.1, -0.05) is 98.6 Å². The summed E-state index contributed by atoms with van der Waals surface area (Å²) >= 11 is 0. The molecule has 0 fully saturated rings. The SMILES string of the molecule is CCCCCNc1ccc2[nH]c(=O)cc3c2c1C(=O)c1ccccc1-3.O=C1CC=Cc2cc3c(ccc4c3cnc3ccc5cc6ccccc6cc5c34)cc21. The number of unbranched alkanes of at least 4 members (excludes halogenated alkanes) is 2. The van der Waals surface area contributed by atoms with Crippen molar-refractivity contribution in [3.05, 3.63) is 160 Å². The van der Waals surface area contributed by atoms with Gasteiger partial charge in [-0.25, -0.2) is 0 Å². The summed E-state index contributed by atoms with van der Waals surface area (Å²) in [5, 5.41) is 14.9. The normalized spacial score (nSPS) is 13.0. The van der Waals surface area contributed by atoms with Crippen LogP contribution in [0.25, 0.3) is 82.1 Å². The molecule has 6 heteroatoms. The molecule has 2 N–H and O–H groups in total. The number of aromatic nitrogens is 2. The number of benzene rings is 7. The van der Waals surface area contributed by atoms with Crippen LogP contribution in [0.1, 0.15) is 64.4 Å². The maximum atomic E-state index is 13.2. The third-order valence-corrected chi connectivity index (χ3v) is 11.4. The van der Waals surface area contributed by atoms with Crippen molar-refractivity contribution in [1.29, 1.82) is 0 Å². The van der Waals surface area contributed by atoms with Gasteiger partial charge in [0.05, 0.1) is 11.1 Å². The summed E-state index contributed by atoms with van der Waals surface area (Å²) in [4.78, 5) is 45.3.